The van der Waals surface area contributed by atoms with Crippen LogP contribution in [0.25, 0.3) is 11.4 Å². The summed E-state index contributed by atoms with van der Waals surface area (Å²) in [6, 6.07) is 12.2. The topological polar surface area (TPSA) is 66.0 Å². The van der Waals surface area contributed by atoms with Crippen molar-refractivity contribution < 1.29 is 0 Å². The highest BCUT2D eigenvalue weighted by Crippen LogP contribution is 2.28. The predicted molar refractivity (Wildman–Crippen MR) is 126 cm³/mol. The molecule has 0 spiro atoms. The molecule has 0 atom stereocenters. The van der Waals surface area contributed by atoms with E-state index >= 15 is 0 Å². The van der Waals surface area contributed by atoms with Crippen LogP contribution in [0.2, 0.25) is 0 Å². The Morgan fingerprint density at radius 3 is 2.50 bits per heavy atom. The molecule has 0 amide bonds. The number of anilines is 3. The van der Waals surface area contributed by atoms with Gasteiger partial charge in [0.2, 0.25) is 5.95 Å². The van der Waals surface area contributed by atoms with Gasteiger partial charge in [0.15, 0.2) is 0 Å². The van der Waals surface area contributed by atoms with E-state index in [1.165, 1.54) is 32.4 Å². The first-order valence-corrected chi connectivity index (χ1v) is 11.3. The van der Waals surface area contributed by atoms with Gasteiger partial charge in [-0.3, -0.25) is 4.98 Å². The molecule has 6 nitrogen and oxygen atoms in total. The highest BCUT2D eigenvalue weighted by atomic mass is 79.9. The molecule has 156 valence electrons. The number of halogens is 1. The Kier molecular flexibility index (Phi) is 6.92. The van der Waals surface area contributed by atoms with Crippen LogP contribution < -0.4 is 10.6 Å². The van der Waals surface area contributed by atoms with Gasteiger partial charge in [-0.25, -0.2) is 9.97 Å². The summed E-state index contributed by atoms with van der Waals surface area (Å²) < 4.78 is 0.822. The first-order valence-electron chi connectivity index (χ1n) is 10.5. The fraction of sp³-hybridized carbons (Fsp3) is 0.348. The summed E-state index contributed by atoms with van der Waals surface area (Å²) in [5.74, 6) is 0.545. The van der Waals surface area contributed by atoms with Gasteiger partial charge in [0.1, 0.15) is 5.69 Å². The van der Waals surface area contributed by atoms with Crippen LogP contribution in [0, 0.1) is 6.92 Å². The zero-order valence-corrected chi connectivity index (χ0v) is 18.8. The zero-order chi connectivity index (χ0) is 20.8. The Bertz CT molecular complexity index is 970. The minimum absolute atomic E-state index is 0.545. The van der Waals surface area contributed by atoms with Crippen molar-refractivity contribution in [2.24, 2.45) is 0 Å². The second kappa shape index (κ2) is 10.00. The first kappa shape index (κ1) is 20.8. The van der Waals surface area contributed by atoms with Gasteiger partial charge in [0, 0.05) is 36.9 Å². The van der Waals surface area contributed by atoms with Crippen LogP contribution >= 0.6 is 15.9 Å². The van der Waals surface area contributed by atoms with Crippen molar-refractivity contribution in [2.75, 3.05) is 36.8 Å². The number of aromatic nitrogens is 3. The van der Waals surface area contributed by atoms with Gasteiger partial charge < -0.3 is 15.5 Å². The number of hydrogen-bond donors (Lipinski definition) is 2. The van der Waals surface area contributed by atoms with E-state index in [1.54, 1.807) is 12.4 Å². The normalized spacial score (nSPS) is 14.5. The number of nitrogens with one attached hydrogen (secondary N) is 2. The van der Waals surface area contributed by atoms with Crippen LogP contribution in [0.5, 0.6) is 0 Å². The van der Waals surface area contributed by atoms with Crippen molar-refractivity contribution in [3.63, 3.8) is 0 Å². The number of pyridine rings is 1. The van der Waals surface area contributed by atoms with E-state index < -0.39 is 0 Å². The van der Waals surface area contributed by atoms with Crippen LogP contribution in [0.1, 0.15) is 24.8 Å². The third kappa shape index (κ3) is 5.34. The quantitative estimate of drug-likeness (QED) is 0.495. The van der Waals surface area contributed by atoms with Gasteiger partial charge in [-0.05, 0) is 84.7 Å². The lowest BCUT2D eigenvalue weighted by Crippen LogP contribution is -2.33. The van der Waals surface area contributed by atoms with Crippen molar-refractivity contribution in [2.45, 2.75) is 26.2 Å². The average molecular weight is 467 g/mol. The van der Waals surface area contributed by atoms with E-state index in [0.29, 0.717) is 5.95 Å². The second-order valence-corrected chi connectivity index (χ2v) is 8.44. The Morgan fingerprint density at radius 2 is 1.73 bits per heavy atom. The molecule has 0 radical (unpaired) electrons. The monoisotopic (exact) mass is 466 g/mol. The minimum atomic E-state index is 0.545. The number of aryl methyl sites for hydroxylation is 1. The highest BCUT2D eigenvalue weighted by molar-refractivity contribution is 9.10. The second-order valence-electron chi connectivity index (χ2n) is 7.59. The van der Waals surface area contributed by atoms with Gasteiger partial charge in [-0.15, -0.1) is 0 Å². The van der Waals surface area contributed by atoms with E-state index in [-0.39, 0.29) is 0 Å². The minimum Gasteiger partial charge on any atom is -0.384 e. The molecule has 4 rings (SSSR count). The van der Waals surface area contributed by atoms with Crippen LogP contribution in [0.3, 0.4) is 0 Å². The van der Waals surface area contributed by atoms with Gasteiger partial charge >= 0.3 is 0 Å². The van der Waals surface area contributed by atoms with E-state index in [0.717, 1.165) is 45.9 Å². The molecule has 1 aromatic carbocycles. The Hall–Kier alpha value is -2.51. The maximum atomic E-state index is 4.67. The molecular formula is C23H27BrN6. The number of hydrogen-bond acceptors (Lipinski definition) is 6. The molecular weight excluding hydrogens is 440 g/mol. The largest absolute Gasteiger partial charge is 0.384 e. The number of nitrogens with zero attached hydrogens (tertiary/aromatic N) is 4. The van der Waals surface area contributed by atoms with Crippen molar-refractivity contribution in [1.29, 1.82) is 0 Å². The van der Waals surface area contributed by atoms with E-state index in [9.17, 15) is 0 Å². The third-order valence-corrected chi connectivity index (χ3v) is 5.91. The number of likely N-dealkylation sites (tertiary alicyclic amines) is 1. The zero-order valence-electron chi connectivity index (χ0n) is 17.2. The Labute approximate surface area is 186 Å². The van der Waals surface area contributed by atoms with Crippen molar-refractivity contribution in [3.05, 3.63) is 58.8 Å². The van der Waals surface area contributed by atoms with Gasteiger partial charge in [-0.2, -0.15) is 0 Å². The van der Waals surface area contributed by atoms with Crippen molar-refractivity contribution in [3.8, 4) is 11.4 Å². The summed E-state index contributed by atoms with van der Waals surface area (Å²) in [5.41, 5.74) is 4.77. The van der Waals surface area contributed by atoms with Crippen LogP contribution in [0.4, 0.5) is 17.3 Å². The van der Waals surface area contributed by atoms with Gasteiger partial charge in [-0.1, -0.05) is 12.5 Å². The Morgan fingerprint density at radius 1 is 0.967 bits per heavy atom. The van der Waals surface area contributed by atoms with Crippen LogP contribution in [-0.4, -0.2) is 46.0 Å². The smallest absolute Gasteiger partial charge is 0.227 e. The lowest BCUT2D eigenvalue weighted by molar-refractivity contribution is 0.237. The molecule has 0 saturated carbocycles. The fourth-order valence-electron chi connectivity index (χ4n) is 3.67. The summed E-state index contributed by atoms with van der Waals surface area (Å²) in [7, 11) is 0. The summed E-state index contributed by atoms with van der Waals surface area (Å²) >= 11 is 3.54. The summed E-state index contributed by atoms with van der Waals surface area (Å²) in [5, 5.41) is 6.80. The molecule has 7 heteroatoms. The van der Waals surface area contributed by atoms with Crippen molar-refractivity contribution >= 4 is 33.3 Å². The summed E-state index contributed by atoms with van der Waals surface area (Å²) in [6.07, 6.45) is 7.58. The third-order valence-electron chi connectivity index (χ3n) is 5.32. The van der Waals surface area contributed by atoms with Crippen molar-refractivity contribution in [1.82, 2.24) is 19.9 Å². The van der Waals surface area contributed by atoms with Gasteiger partial charge in [0.25, 0.3) is 0 Å². The van der Waals surface area contributed by atoms with E-state index in [1.807, 2.05) is 31.2 Å². The number of benzene rings is 1. The van der Waals surface area contributed by atoms with E-state index in [2.05, 4.69) is 58.5 Å². The molecule has 2 aromatic heterocycles. The lowest BCUT2D eigenvalue weighted by atomic mass is 10.1. The molecule has 0 aliphatic carbocycles. The summed E-state index contributed by atoms with van der Waals surface area (Å²) in [6.45, 7) is 6.56. The standard InChI is InChI=1S/C23H27BrN6/c1-17-6-5-11-26-21(17)22-20(24)16-27-23(29-22)28-19-9-7-18(8-10-19)25-12-15-30-13-3-2-4-14-30/h5-11,16,25H,2-4,12-15H2,1H3,(H,27,28,29). The van der Waals surface area contributed by atoms with Gasteiger partial charge in [0.05, 0.1) is 10.2 Å². The molecule has 3 aromatic rings. The highest BCUT2D eigenvalue weighted by Gasteiger charge is 2.12. The fourth-order valence-corrected chi connectivity index (χ4v) is 4.05. The molecule has 2 N–H and O–H groups in total. The maximum absolute atomic E-state index is 4.67. The molecule has 1 fully saturated rings. The molecule has 30 heavy (non-hydrogen) atoms. The van der Waals surface area contributed by atoms with E-state index in [4.69, 9.17) is 0 Å². The van der Waals surface area contributed by atoms with Crippen LogP contribution in [0.15, 0.2) is 53.3 Å². The molecule has 1 aliphatic heterocycles. The molecule has 3 heterocycles. The summed E-state index contributed by atoms with van der Waals surface area (Å²) in [4.78, 5) is 16.1. The molecule has 1 aliphatic rings. The average Bonchev–Trinajstić information content (AvgIpc) is 2.78. The first-order chi connectivity index (χ1) is 14.7. The molecule has 1 saturated heterocycles. The SMILES string of the molecule is Cc1cccnc1-c1nc(Nc2ccc(NCCN3CCCCC3)cc2)ncc1Br. The maximum Gasteiger partial charge on any atom is 0.227 e. The Balaban J connectivity index is 1.37. The number of rotatable bonds is 7. The van der Waals surface area contributed by atoms with Crippen LogP contribution in [-0.2, 0) is 0 Å². The molecule has 0 bridgehead atoms. The predicted octanol–water partition coefficient (Wildman–Crippen LogP) is 5.25. The lowest BCUT2D eigenvalue weighted by Gasteiger charge is -2.26. The number of piperidine rings is 1. The molecule has 0 unspecified atom stereocenters.